The van der Waals surface area contributed by atoms with Gasteiger partial charge in [-0.15, -0.1) is 0 Å². The number of ether oxygens (including phenoxy) is 2. The molecule has 10 nitrogen and oxygen atoms in total. The Kier molecular flexibility index (Phi) is 8.13. The molecule has 1 fully saturated rings. The number of amides is 3. The van der Waals surface area contributed by atoms with E-state index in [-0.39, 0.29) is 24.1 Å². The molecule has 1 saturated heterocycles. The number of fused-ring (bicyclic) bond motifs is 1. The first kappa shape index (κ1) is 28.6. The van der Waals surface area contributed by atoms with E-state index in [9.17, 15) is 19.5 Å². The molecule has 0 spiro atoms. The van der Waals surface area contributed by atoms with Crippen LogP contribution in [0.15, 0.2) is 60.8 Å². The van der Waals surface area contributed by atoms with Gasteiger partial charge in [-0.05, 0) is 43.3 Å². The number of nitrogens with one attached hydrogen (secondary N) is 1. The van der Waals surface area contributed by atoms with Gasteiger partial charge in [-0.3, -0.25) is 19.4 Å². The molecule has 0 saturated carbocycles. The number of aliphatic hydroxyl groups is 1. The molecule has 0 radical (unpaired) electrons. The van der Waals surface area contributed by atoms with Crippen molar-refractivity contribution in [3.63, 3.8) is 0 Å². The third-order valence-corrected chi connectivity index (χ3v) is 7.36. The number of carbonyl (C=O) groups is 3. The van der Waals surface area contributed by atoms with Crippen LogP contribution in [0.4, 0.5) is 5.69 Å². The third kappa shape index (κ3) is 6.53. The highest BCUT2D eigenvalue weighted by atomic mass is 16.5. The van der Waals surface area contributed by atoms with Crippen LogP contribution in [-0.2, 0) is 9.59 Å². The number of likely N-dealkylation sites (N-methyl/N-ethyl adjacent to an activating group) is 1. The lowest BCUT2D eigenvalue weighted by atomic mass is 9.91. The molecule has 2 aliphatic rings. The van der Waals surface area contributed by atoms with Gasteiger partial charge in [-0.25, -0.2) is 0 Å². The molecule has 10 heteroatoms. The summed E-state index contributed by atoms with van der Waals surface area (Å²) in [6.45, 7) is 4.32. The van der Waals surface area contributed by atoms with Crippen molar-refractivity contribution in [2.75, 3.05) is 31.6 Å². The fraction of sp³-hybridized carbons (Fsp3) is 0.312. The smallest absolute Gasteiger partial charge is 0.270 e. The van der Waals surface area contributed by atoms with Crippen molar-refractivity contribution in [2.24, 2.45) is 0 Å². The summed E-state index contributed by atoms with van der Waals surface area (Å²) in [5.74, 6) is 6.56. The van der Waals surface area contributed by atoms with Crippen LogP contribution in [-0.4, -0.2) is 71.1 Å². The number of pyridine rings is 1. The van der Waals surface area contributed by atoms with Crippen LogP contribution in [0.25, 0.3) is 0 Å². The van der Waals surface area contributed by atoms with Gasteiger partial charge in [0, 0.05) is 57.7 Å². The molecule has 3 heterocycles. The molecule has 2 aromatic carbocycles. The summed E-state index contributed by atoms with van der Waals surface area (Å²) in [5.41, 5.74) is 1.10. The van der Waals surface area contributed by atoms with Crippen LogP contribution < -0.4 is 19.7 Å². The Morgan fingerprint density at radius 2 is 1.83 bits per heavy atom. The van der Waals surface area contributed by atoms with Crippen molar-refractivity contribution >= 4 is 23.4 Å². The highest BCUT2D eigenvalue weighted by molar-refractivity contribution is 6.03. The van der Waals surface area contributed by atoms with Crippen LogP contribution >= 0.6 is 0 Å². The van der Waals surface area contributed by atoms with Crippen LogP contribution in [0.1, 0.15) is 41.4 Å². The molecular formula is C32H32N4O6. The predicted molar refractivity (Wildman–Crippen MR) is 155 cm³/mol. The summed E-state index contributed by atoms with van der Waals surface area (Å²) in [6.07, 6.45) is 2.20. The number of rotatable bonds is 4. The molecule has 0 unspecified atom stereocenters. The number of hydrogen-bond acceptors (Lipinski definition) is 7. The number of anilines is 1. The van der Waals surface area contributed by atoms with Crippen LogP contribution in [0, 0.1) is 18.8 Å². The van der Waals surface area contributed by atoms with E-state index < -0.39 is 17.6 Å². The summed E-state index contributed by atoms with van der Waals surface area (Å²) in [7, 11) is 1.60. The fourth-order valence-electron chi connectivity index (χ4n) is 4.76. The minimum atomic E-state index is -1.19. The minimum Gasteiger partial charge on any atom is -0.489 e. The molecular weight excluding hydrogens is 536 g/mol. The van der Waals surface area contributed by atoms with E-state index in [1.165, 1.54) is 24.1 Å². The number of likely N-dealkylation sites (tertiary alicyclic amines) is 1. The van der Waals surface area contributed by atoms with Gasteiger partial charge in [0.2, 0.25) is 5.91 Å². The van der Waals surface area contributed by atoms with Gasteiger partial charge in [-0.2, -0.15) is 0 Å². The van der Waals surface area contributed by atoms with Crippen molar-refractivity contribution in [1.29, 1.82) is 0 Å². The van der Waals surface area contributed by atoms with E-state index in [0.717, 1.165) is 5.56 Å². The molecule has 2 aliphatic heterocycles. The van der Waals surface area contributed by atoms with Gasteiger partial charge >= 0.3 is 0 Å². The molecule has 2 N–H and O–H groups in total. The van der Waals surface area contributed by atoms with Gasteiger partial charge in [0.05, 0.1) is 5.69 Å². The second-order valence-electron chi connectivity index (χ2n) is 10.5. The van der Waals surface area contributed by atoms with Crippen molar-refractivity contribution in [1.82, 2.24) is 15.2 Å². The maximum Gasteiger partial charge on any atom is 0.270 e. The molecule has 5 rings (SSSR count). The Labute approximate surface area is 244 Å². The second kappa shape index (κ2) is 11.9. The zero-order chi connectivity index (χ0) is 29.9. The fourth-order valence-corrected chi connectivity index (χ4v) is 4.76. The lowest BCUT2D eigenvalue weighted by molar-refractivity contribution is -0.131. The Bertz CT molecular complexity index is 1570. The normalized spacial score (nSPS) is 17.6. The van der Waals surface area contributed by atoms with Gasteiger partial charge < -0.3 is 29.7 Å². The van der Waals surface area contributed by atoms with E-state index >= 15 is 0 Å². The van der Waals surface area contributed by atoms with Crippen molar-refractivity contribution in [3.8, 4) is 29.1 Å². The van der Waals surface area contributed by atoms with E-state index in [1.807, 2.05) is 31.2 Å². The Morgan fingerprint density at radius 3 is 2.55 bits per heavy atom. The van der Waals surface area contributed by atoms with Gasteiger partial charge in [0.25, 0.3) is 11.8 Å². The molecule has 3 amide bonds. The third-order valence-electron chi connectivity index (χ3n) is 7.36. The quantitative estimate of drug-likeness (QED) is 0.464. The SMILES string of the molecule is CC(=O)N1CCC(O)(C#Cc2ccc3c(c2)N(C)C(=O)[C@@H](NC(=O)c2cc(Oc4ccc(C)cc4)ccn2)CO3)CC1. The average Bonchev–Trinajstić information content (AvgIpc) is 3.09. The van der Waals surface area contributed by atoms with Crippen LogP contribution in [0.2, 0.25) is 0 Å². The number of benzene rings is 2. The second-order valence-corrected chi connectivity index (χ2v) is 10.5. The van der Waals surface area contributed by atoms with Crippen LogP contribution in [0.3, 0.4) is 0 Å². The number of nitrogens with zero attached hydrogens (tertiary/aromatic N) is 3. The molecule has 3 aromatic rings. The topological polar surface area (TPSA) is 121 Å². The molecule has 1 atom stereocenters. The first-order valence-electron chi connectivity index (χ1n) is 13.7. The number of aryl methyl sites for hydroxylation is 1. The summed E-state index contributed by atoms with van der Waals surface area (Å²) < 4.78 is 11.7. The maximum atomic E-state index is 13.3. The first-order valence-corrected chi connectivity index (χ1v) is 13.7. The lowest BCUT2D eigenvalue weighted by Gasteiger charge is -2.34. The summed E-state index contributed by atoms with van der Waals surface area (Å²) in [6, 6.07) is 14.9. The molecule has 0 bridgehead atoms. The number of piperidine rings is 1. The van der Waals surface area contributed by atoms with Gasteiger partial charge in [0.1, 0.15) is 41.2 Å². The van der Waals surface area contributed by atoms with E-state index in [0.29, 0.717) is 54.4 Å². The number of aromatic nitrogens is 1. The maximum absolute atomic E-state index is 13.3. The number of carbonyl (C=O) groups excluding carboxylic acids is 3. The Morgan fingerprint density at radius 1 is 1.10 bits per heavy atom. The molecule has 0 aliphatic carbocycles. The zero-order valence-corrected chi connectivity index (χ0v) is 23.7. The standard InChI is InChI=1S/C32H32N4O6/c1-21-4-7-24(8-5-21)42-25-11-15-33-26(19-25)30(38)34-27-20-41-29-9-6-23(18-28(29)35(3)31(27)39)10-12-32(40)13-16-36(17-14-32)22(2)37/h4-9,11,15,18-19,27,40H,13-14,16-17,20H2,1-3H3,(H,34,38)/t27-/m0/s1. The van der Waals surface area contributed by atoms with Gasteiger partial charge in [0.15, 0.2) is 0 Å². The molecule has 1 aromatic heterocycles. The predicted octanol–water partition coefficient (Wildman–Crippen LogP) is 3.06. The number of hydrogen-bond donors (Lipinski definition) is 2. The lowest BCUT2D eigenvalue weighted by Crippen LogP contribution is -2.49. The first-order chi connectivity index (χ1) is 20.1. The van der Waals surface area contributed by atoms with Gasteiger partial charge in [-0.1, -0.05) is 29.5 Å². The summed E-state index contributed by atoms with van der Waals surface area (Å²) in [4.78, 5) is 45.2. The van der Waals surface area contributed by atoms with Crippen LogP contribution in [0.5, 0.6) is 17.2 Å². The van der Waals surface area contributed by atoms with Crippen molar-refractivity contribution < 1.29 is 29.0 Å². The van der Waals surface area contributed by atoms with Crippen molar-refractivity contribution in [3.05, 3.63) is 77.6 Å². The van der Waals surface area contributed by atoms with E-state index in [4.69, 9.17) is 9.47 Å². The highest BCUT2D eigenvalue weighted by Crippen LogP contribution is 2.32. The summed E-state index contributed by atoms with van der Waals surface area (Å²) in [5, 5.41) is 13.6. The zero-order valence-electron chi connectivity index (χ0n) is 23.7. The molecule has 42 heavy (non-hydrogen) atoms. The van der Waals surface area contributed by atoms with E-state index in [2.05, 4.69) is 22.1 Å². The average molecular weight is 569 g/mol. The minimum absolute atomic E-state index is 0.0186. The largest absolute Gasteiger partial charge is 0.489 e. The van der Waals surface area contributed by atoms with Crippen molar-refractivity contribution in [2.45, 2.75) is 38.3 Å². The highest BCUT2D eigenvalue weighted by Gasteiger charge is 2.33. The van der Waals surface area contributed by atoms with E-state index in [1.54, 1.807) is 36.2 Å². The Hall–Kier alpha value is -4.88. The Balaban J connectivity index is 1.25. The summed E-state index contributed by atoms with van der Waals surface area (Å²) >= 11 is 0. The molecule has 216 valence electrons. The monoisotopic (exact) mass is 568 g/mol.